The first-order chi connectivity index (χ1) is 15.0. The Balaban J connectivity index is 1.64. The number of nitrogen functional groups attached to an aromatic ring is 2. The van der Waals surface area contributed by atoms with Crippen LogP contribution in [-0.2, 0) is 0 Å². The van der Waals surface area contributed by atoms with E-state index in [9.17, 15) is 4.79 Å². The summed E-state index contributed by atoms with van der Waals surface area (Å²) < 4.78 is 17.3. The van der Waals surface area contributed by atoms with Crippen molar-refractivity contribution in [2.75, 3.05) is 11.5 Å². The van der Waals surface area contributed by atoms with Crippen LogP contribution in [0.5, 0.6) is 28.7 Å². The number of rotatable bonds is 6. The molecule has 0 aliphatic rings. The molecule has 0 saturated heterocycles. The minimum atomic E-state index is -0.531. The lowest BCUT2D eigenvalue weighted by atomic mass is 10.2. The molecule has 0 bridgehead atoms. The summed E-state index contributed by atoms with van der Waals surface area (Å²) in [6, 6.07) is 27.6. The summed E-state index contributed by atoms with van der Waals surface area (Å²) >= 11 is 0. The molecule has 0 aliphatic carbocycles. The van der Waals surface area contributed by atoms with Crippen molar-refractivity contribution in [2.24, 2.45) is 0 Å². The van der Waals surface area contributed by atoms with Crippen LogP contribution in [0.15, 0.2) is 97.1 Å². The van der Waals surface area contributed by atoms with Gasteiger partial charge in [-0.05, 0) is 72.8 Å². The number of carbonyl (C=O) groups is 1. The van der Waals surface area contributed by atoms with Crippen LogP contribution in [0, 0.1) is 0 Å². The molecule has 154 valence electrons. The summed E-state index contributed by atoms with van der Waals surface area (Å²) in [6.45, 7) is 0. The molecule has 6 heteroatoms. The predicted octanol–water partition coefficient (Wildman–Crippen LogP) is 5.65. The van der Waals surface area contributed by atoms with E-state index in [0.717, 1.165) is 0 Å². The van der Waals surface area contributed by atoms with Crippen LogP contribution in [0.4, 0.5) is 11.4 Å². The van der Waals surface area contributed by atoms with E-state index in [-0.39, 0.29) is 5.56 Å². The van der Waals surface area contributed by atoms with Crippen molar-refractivity contribution in [1.29, 1.82) is 0 Å². The zero-order valence-electron chi connectivity index (χ0n) is 16.5. The molecule has 4 N–H and O–H groups in total. The molecule has 0 amide bonds. The molecular weight excluding hydrogens is 392 g/mol. The number of hydrogen-bond donors (Lipinski definition) is 2. The third kappa shape index (κ3) is 5.33. The highest BCUT2D eigenvalue weighted by Crippen LogP contribution is 2.31. The van der Waals surface area contributed by atoms with Gasteiger partial charge in [-0.1, -0.05) is 18.2 Å². The fourth-order valence-electron chi connectivity index (χ4n) is 2.81. The van der Waals surface area contributed by atoms with Gasteiger partial charge in [0.25, 0.3) is 0 Å². The van der Waals surface area contributed by atoms with Gasteiger partial charge in [0.1, 0.15) is 28.7 Å². The lowest BCUT2D eigenvalue weighted by molar-refractivity contribution is 0.0734. The van der Waals surface area contributed by atoms with E-state index in [2.05, 4.69) is 0 Å². The maximum atomic E-state index is 12.7. The number of nitrogens with two attached hydrogens (primary N) is 2. The van der Waals surface area contributed by atoms with Crippen molar-refractivity contribution in [2.45, 2.75) is 0 Å². The lowest BCUT2D eigenvalue weighted by Crippen LogP contribution is -2.08. The summed E-state index contributed by atoms with van der Waals surface area (Å²) in [5.41, 5.74) is 13.0. The summed E-state index contributed by atoms with van der Waals surface area (Å²) in [6.07, 6.45) is 0. The highest BCUT2D eigenvalue weighted by Gasteiger charge is 2.14. The van der Waals surface area contributed by atoms with Gasteiger partial charge in [-0.3, -0.25) is 0 Å². The van der Waals surface area contributed by atoms with Crippen molar-refractivity contribution in [1.82, 2.24) is 0 Å². The van der Waals surface area contributed by atoms with E-state index in [0.29, 0.717) is 40.1 Å². The first-order valence-electron chi connectivity index (χ1n) is 9.54. The first kappa shape index (κ1) is 19.8. The SMILES string of the molecule is Nc1ccc(Oc2cc(Oc3ccc(N)cc3)cc(C(=O)Oc3ccccc3)c2)cc1. The largest absolute Gasteiger partial charge is 0.457 e. The molecule has 0 radical (unpaired) electrons. The van der Waals surface area contributed by atoms with Crippen LogP contribution >= 0.6 is 0 Å². The summed E-state index contributed by atoms with van der Waals surface area (Å²) in [5, 5.41) is 0. The van der Waals surface area contributed by atoms with E-state index in [4.69, 9.17) is 25.7 Å². The second kappa shape index (κ2) is 8.92. The summed E-state index contributed by atoms with van der Waals surface area (Å²) in [4.78, 5) is 12.7. The highest BCUT2D eigenvalue weighted by atomic mass is 16.5. The molecule has 0 saturated carbocycles. The van der Waals surface area contributed by atoms with Gasteiger partial charge < -0.3 is 25.7 Å². The van der Waals surface area contributed by atoms with Gasteiger partial charge in [0.15, 0.2) is 0 Å². The second-order valence-corrected chi connectivity index (χ2v) is 6.74. The highest BCUT2D eigenvalue weighted by molar-refractivity contribution is 5.92. The third-order valence-electron chi connectivity index (χ3n) is 4.30. The minimum absolute atomic E-state index is 0.280. The lowest BCUT2D eigenvalue weighted by Gasteiger charge is -2.12. The quantitative estimate of drug-likeness (QED) is 0.241. The average Bonchev–Trinajstić information content (AvgIpc) is 2.77. The molecule has 6 nitrogen and oxygen atoms in total. The minimum Gasteiger partial charge on any atom is -0.457 e. The average molecular weight is 412 g/mol. The van der Waals surface area contributed by atoms with Crippen molar-refractivity contribution in [3.8, 4) is 28.7 Å². The molecule has 4 aromatic rings. The molecule has 0 unspecified atom stereocenters. The van der Waals surface area contributed by atoms with Gasteiger partial charge >= 0.3 is 5.97 Å². The van der Waals surface area contributed by atoms with Gasteiger partial charge in [0, 0.05) is 17.4 Å². The predicted molar refractivity (Wildman–Crippen MR) is 120 cm³/mol. The maximum absolute atomic E-state index is 12.7. The van der Waals surface area contributed by atoms with Crippen molar-refractivity contribution in [3.05, 3.63) is 103 Å². The zero-order valence-corrected chi connectivity index (χ0v) is 16.5. The van der Waals surface area contributed by atoms with Crippen LogP contribution in [0.1, 0.15) is 10.4 Å². The Hall–Kier alpha value is -4.45. The Morgan fingerprint density at radius 3 is 1.52 bits per heavy atom. The first-order valence-corrected chi connectivity index (χ1v) is 9.54. The molecule has 4 rings (SSSR count). The van der Waals surface area contributed by atoms with E-state index in [1.807, 2.05) is 6.07 Å². The molecule has 31 heavy (non-hydrogen) atoms. The molecule has 0 atom stereocenters. The molecule has 0 fully saturated rings. The van der Waals surface area contributed by atoms with Gasteiger partial charge in [-0.15, -0.1) is 0 Å². The van der Waals surface area contributed by atoms with Crippen molar-refractivity contribution in [3.63, 3.8) is 0 Å². The van der Waals surface area contributed by atoms with Gasteiger partial charge in [-0.25, -0.2) is 4.79 Å². The van der Waals surface area contributed by atoms with Crippen LogP contribution in [-0.4, -0.2) is 5.97 Å². The molecule has 0 spiro atoms. The Morgan fingerprint density at radius 1 is 0.548 bits per heavy atom. The Morgan fingerprint density at radius 2 is 1.03 bits per heavy atom. The third-order valence-corrected chi connectivity index (χ3v) is 4.30. The maximum Gasteiger partial charge on any atom is 0.343 e. The zero-order chi connectivity index (χ0) is 21.6. The number of esters is 1. The van der Waals surface area contributed by atoms with Gasteiger partial charge in [-0.2, -0.15) is 0 Å². The van der Waals surface area contributed by atoms with E-state index in [1.165, 1.54) is 0 Å². The van der Waals surface area contributed by atoms with Crippen LogP contribution < -0.4 is 25.7 Å². The number of ether oxygens (including phenoxy) is 3. The standard InChI is InChI=1S/C25H20N2O4/c26-18-6-10-21(11-7-18)29-23-14-17(25(28)31-20-4-2-1-3-5-20)15-24(16-23)30-22-12-8-19(27)9-13-22/h1-16H,26-27H2. The van der Waals surface area contributed by atoms with Crippen LogP contribution in [0.2, 0.25) is 0 Å². The fraction of sp³-hybridized carbons (Fsp3) is 0. The molecule has 0 heterocycles. The van der Waals surface area contributed by atoms with Crippen LogP contribution in [0.25, 0.3) is 0 Å². The van der Waals surface area contributed by atoms with E-state index >= 15 is 0 Å². The number of anilines is 2. The molecule has 0 aliphatic heterocycles. The summed E-state index contributed by atoms with van der Waals surface area (Å²) in [7, 11) is 0. The Bertz CT molecular complexity index is 1110. The number of carbonyl (C=O) groups excluding carboxylic acids is 1. The van der Waals surface area contributed by atoms with Gasteiger partial charge in [0.2, 0.25) is 0 Å². The Labute approximate surface area is 179 Å². The second-order valence-electron chi connectivity index (χ2n) is 6.74. The van der Waals surface area contributed by atoms with E-state index < -0.39 is 5.97 Å². The number of para-hydroxylation sites is 1. The molecule has 0 aromatic heterocycles. The smallest absolute Gasteiger partial charge is 0.343 e. The van der Waals surface area contributed by atoms with Crippen LogP contribution in [0.3, 0.4) is 0 Å². The van der Waals surface area contributed by atoms with Crippen molar-refractivity contribution < 1.29 is 19.0 Å². The molecule has 4 aromatic carbocycles. The summed E-state index contributed by atoms with van der Waals surface area (Å²) in [5.74, 6) is 1.88. The molecular formula is C25H20N2O4. The van der Waals surface area contributed by atoms with Crippen molar-refractivity contribution >= 4 is 17.3 Å². The fourth-order valence-corrected chi connectivity index (χ4v) is 2.81. The number of benzene rings is 4. The Kier molecular flexibility index (Phi) is 5.71. The number of hydrogen-bond acceptors (Lipinski definition) is 6. The van der Waals surface area contributed by atoms with E-state index in [1.54, 1.807) is 91.0 Å². The normalized spacial score (nSPS) is 10.3. The monoisotopic (exact) mass is 412 g/mol. The topological polar surface area (TPSA) is 96.8 Å². The van der Waals surface area contributed by atoms with Gasteiger partial charge in [0.05, 0.1) is 5.56 Å².